The minimum atomic E-state index is -4.52. The van der Waals surface area contributed by atoms with Crippen molar-refractivity contribution < 1.29 is 22.9 Å². The number of piperazine rings is 1. The quantitative estimate of drug-likeness (QED) is 0.515. The lowest BCUT2D eigenvalue weighted by molar-refractivity contribution is -0.384. The van der Waals surface area contributed by atoms with Gasteiger partial charge in [0.15, 0.2) is 0 Å². The summed E-state index contributed by atoms with van der Waals surface area (Å²) >= 11 is 11.7. The van der Waals surface area contributed by atoms with E-state index in [9.17, 15) is 28.1 Å². The zero-order valence-electron chi connectivity index (χ0n) is 15.8. The van der Waals surface area contributed by atoms with Gasteiger partial charge < -0.3 is 10.2 Å². The van der Waals surface area contributed by atoms with Crippen molar-refractivity contribution >= 4 is 46.3 Å². The van der Waals surface area contributed by atoms with Crippen molar-refractivity contribution in [2.75, 3.05) is 42.9 Å². The smallest absolute Gasteiger partial charge is 0.353 e. The molecule has 1 fully saturated rings. The molecule has 13 heteroatoms. The molecule has 1 aromatic carbocycles. The van der Waals surface area contributed by atoms with Gasteiger partial charge >= 0.3 is 6.18 Å². The number of anilines is 2. The van der Waals surface area contributed by atoms with Crippen molar-refractivity contribution in [3.8, 4) is 0 Å². The number of pyridine rings is 1. The average Bonchev–Trinajstić information content (AvgIpc) is 2.69. The number of halogens is 5. The summed E-state index contributed by atoms with van der Waals surface area (Å²) in [6.45, 7) is 1.77. The van der Waals surface area contributed by atoms with Gasteiger partial charge in [0.1, 0.15) is 10.8 Å². The first-order chi connectivity index (χ1) is 14.5. The molecule has 0 saturated carbocycles. The van der Waals surface area contributed by atoms with Gasteiger partial charge in [-0.25, -0.2) is 4.98 Å². The second kappa shape index (κ2) is 9.25. The van der Waals surface area contributed by atoms with E-state index in [-0.39, 0.29) is 39.7 Å². The first-order valence-electron chi connectivity index (χ1n) is 8.98. The Bertz CT molecular complexity index is 998. The van der Waals surface area contributed by atoms with Crippen molar-refractivity contribution in [2.24, 2.45) is 0 Å². The first kappa shape index (κ1) is 23.0. The molecule has 1 saturated heterocycles. The first-order valence-corrected chi connectivity index (χ1v) is 9.74. The van der Waals surface area contributed by atoms with Crippen LogP contribution in [0.5, 0.6) is 0 Å². The number of nitro benzene ring substituents is 1. The van der Waals surface area contributed by atoms with Crippen molar-refractivity contribution in [2.45, 2.75) is 6.18 Å². The molecule has 0 bridgehead atoms. The van der Waals surface area contributed by atoms with Gasteiger partial charge in [-0.2, -0.15) is 13.2 Å². The second-order valence-electron chi connectivity index (χ2n) is 6.76. The summed E-state index contributed by atoms with van der Waals surface area (Å²) < 4.78 is 38.3. The molecule has 2 aromatic rings. The average molecular weight is 478 g/mol. The number of hydrogen-bond acceptors (Lipinski definition) is 6. The number of amides is 1. The minimum Gasteiger partial charge on any atom is -0.353 e. The molecule has 0 unspecified atom stereocenters. The second-order valence-corrected chi connectivity index (χ2v) is 7.58. The Morgan fingerprint density at radius 2 is 1.84 bits per heavy atom. The number of nitrogens with one attached hydrogen (secondary N) is 1. The van der Waals surface area contributed by atoms with Gasteiger partial charge in [-0.3, -0.25) is 19.8 Å². The largest absolute Gasteiger partial charge is 0.417 e. The normalized spacial score (nSPS) is 15.1. The van der Waals surface area contributed by atoms with Crippen molar-refractivity contribution in [1.82, 2.24) is 9.88 Å². The molecule has 1 aromatic heterocycles. The number of rotatable bonds is 5. The van der Waals surface area contributed by atoms with Crippen LogP contribution in [0.15, 0.2) is 30.5 Å². The third-order valence-electron chi connectivity index (χ3n) is 4.61. The highest BCUT2D eigenvalue weighted by molar-refractivity contribution is 6.33. The molecule has 0 spiro atoms. The summed E-state index contributed by atoms with van der Waals surface area (Å²) in [7, 11) is 0. The monoisotopic (exact) mass is 477 g/mol. The van der Waals surface area contributed by atoms with Crippen molar-refractivity contribution in [1.29, 1.82) is 0 Å². The maximum Gasteiger partial charge on any atom is 0.417 e. The van der Waals surface area contributed by atoms with Gasteiger partial charge in [-0.1, -0.05) is 23.2 Å². The van der Waals surface area contributed by atoms with Gasteiger partial charge in [0.05, 0.1) is 22.1 Å². The molecule has 8 nitrogen and oxygen atoms in total. The van der Waals surface area contributed by atoms with Gasteiger partial charge in [-0.05, 0) is 18.2 Å². The Kier molecular flexibility index (Phi) is 6.87. The molecule has 31 heavy (non-hydrogen) atoms. The molecule has 0 aliphatic carbocycles. The van der Waals surface area contributed by atoms with E-state index >= 15 is 0 Å². The van der Waals surface area contributed by atoms with Crippen LogP contribution in [0.2, 0.25) is 10.0 Å². The van der Waals surface area contributed by atoms with Gasteiger partial charge in [0.25, 0.3) is 5.69 Å². The number of alkyl halides is 3. The molecule has 1 aliphatic heterocycles. The van der Waals surface area contributed by atoms with E-state index in [0.717, 1.165) is 12.3 Å². The number of benzene rings is 1. The van der Waals surface area contributed by atoms with E-state index in [4.69, 9.17) is 23.2 Å². The number of aromatic nitrogens is 1. The third-order valence-corrected chi connectivity index (χ3v) is 5.21. The molecule has 2 heterocycles. The number of nitro groups is 1. The number of carbonyl (C=O) groups excluding carboxylic acids is 1. The molecular formula is C18H16Cl2F3N5O3. The van der Waals surface area contributed by atoms with E-state index in [1.807, 2.05) is 4.90 Å². The summed E-state index contributed by atoms with van der Waals surface area (Å²) in [5, 5.41) is 13.4. The van der Waals surface area contributed by atoms with E-state index in [0.29, 0.717) is 26.2 Å². The topological polar surface area (TPSA) is 91.6 Å². The van der Waals surface area contributed by atoms with Gasteiger partial charge in [0.2, 0.25) is 5.91 Å². The Hall–Kier alpha value is -2.63. The zero-order valence-corrected chi connectivity index (χ0v) is 17.3. The van der Waals surface area contributed by atoms with Crippen LogP contribution in [0.1, 0.15) is 5.56 Å². The van der Waals surface area contributed by atoms with Gasteiger partial charge in [0, 0.05) is 44.1 Å². The standard InChI is InChI=1S/C18H16Cl2F3N5O3/c19-13-2-1-12(8-15(13)28(30)31)25-16(29)10-26-3-5-27(6-4-26)17-14(20)7-11(9-24-17)18(21,22)23/h1-2,7-9H,3-6,10H2,(H,25,29). The van der Waals surface area contributed by atoms with Gasteiger partial charge in [-0.15, -0.1) is 0 Å². The maximum absolute atomic E-state index is 12.8. The Labute approximate surface area is 184 Å². The van der Waals surface area contributed by atoms with E-state index in [1.54, 1.807) is 4.90 Å². The fourth-order valence-corrected chi connectivity index (χ4v) is 3.54. The van der Waals surface area contributed by atoms with Crippen molar-refractivity contribution in [3.05, 3.63) is 56.2 Å². The Morgan fingerprint density at radius 3 is 2.42 bits per heavy atom. The number of hydrogen-bond donors (Lipinski definition) is 1. The highest BCUT2D eigenvalue weighted by Gasteiger charge is 2.32. The summed E-state index contributed by atoms with van der Waals surface area (Å²) in [5.74, 6) is -0.108. The molecule has 166 valence electrons. The maximum atomic E-state index is 12.8. The number of nitrogens with zero attached hydrogens (tertiary/aromatic N) is 4. The lowest BCUT2D eigenvalue weighted by Gasteiger charge is -2.35. The molecule has 1 amide bonds. The summed E-state index contributed by atoms with van der Waals surface area (Å²) in [6.07, 6.45) is -3.78. The molecule has 0 radical (unpaired) electrons. The molecule has 1 N–H and O–H groups in total. The minimum absolute atomic E-state index is 0.0327. The summed E-state index contributed by atoms with van der Waals surface area (Å²) in [6, 6.07) is 4.81. The predicted molar refractivity (Wildman–Crippen MR) is 110 cm³/mol. The van der Waals surface area contributed by atoms with Crippen LogP contribution in [-0.2, 0) is 11.0 Å². The molecular weight excluding hydrogens is 462 g/mol. The third kappa shape index (κ3) is 5.75. The summed E-state index contributed by atoms with van der Waals surface area (Å²) in [4.78, 5) is 30.0. The predicted octanol–water partition coefficient (Wildman–Crippen LogP) is 4.08. The molecule has 1 aliphatic rings. The van der Waals surface area contributed by atoms with E-state index in [2.05, 4.69) is 10.3 Å². The van der Waals surface area contributed by atoms with Crippen LogP contribution in [0.4, 0.5) is 30.4 Å². The Morgan fingerprint density at radius 1 is 1.16 bits per heavy atom. The lowest BCUT2D eigenvalue weighted by atomic mass is 10.2. The van der Waals surface area contributed by atoms with Crippen LogP contribution in [0, 0.1) is 10.1 Å². The van der Waals surface area contributed by atoms with E-state index in [1.165, 1.54) is 18.2 Å². The van der Waals surface area contributed by atoms with Crippen LogP contribution in [0.25, 0.3) is 0 Å². The highest BCUT2D eigenvalue weighted by Crippen LogP contribution is 2.33. The van der Waals surface area contributed by atoms with Crippen molar-refractivity contribution in [3.63, 3.8) is 0 Å². The lowest BCUT2D eigenvalue weighted by Crippen LogP contribution is -2.49. The SMILES string of the molecule is O=C(CN1CCN(c2ncc(C(F)(F)F)cc2Cl)CC1)Nc1ccc(Cl)c([N+](=O)[O-])c1. The molecule has 3 rings (SSSR count). The fourth-order valence-electron chi connectivity index (χ4n) is 3.07. The van der Waals surface area contributed by atoms with Crippen LogP contribution < -0.4 is 10.2 Å². The number of carbonyl (C=O) groups is 1. The highest BCUT2D eigenvalue weighted by atomic mass is 35.5. The Balaban J connectivity index is 1.55. The van der Waals surface area contributed by atoms with Crippen LogP contribution in [0.3, 0.4) is 0 Å². The summed E-state index contributed by atoms with van der Waals surface area (Å²) in [5.41, 5.74) is -0.978. The van der Waals surface area contributed by atoms with E-state index < -0.39 is 16.7 Å². The fraction of sp³-hybridized carbons (Fsp3) is 0.333. The zero-order chi connectivity index (χ0) is 22.8. The molecule has 0 atom stereocenters. The van der Waals surface area contributed by atoms with Crippen LogP contribution >= 0.6 is 23.2 Å². The van der Waals surface area contributed by atoms with Crippen LogP contribution in [-0.4, -0.2) is 53.4 Å².